The van der Waals surface area contributed by atoms with E-state index in [4.69, 9.17) is 17.3 Å². The van der Waals surface area contributed by atoms with Gasteiger partial charge in [-0.2, -0.15) is 5.10 Å². The minimum atomic E-state index is 0.631. The van der Waals surface area contributed by atoms with Gasteiger partial charge in [-0.15, -0.1) is 0 Å². The van der Waals surface area contributed by atoms with Crippen LogP contribution in [0.15, 0.2) is 30.3 Å². The Bertz CT molecular complexity index is 795. The minimum absolute atomic E-state index is 0.631. The van der Waals surface area contributed by atoms with Crippen LogP contribution >= 0.6 is 12.2 Å². The molecule has 0 radical (unpaired) electrons. The molecule has 1 aromatic heterocycles. The monoisotopic (exact) mass is 355 g/mol. The summed E-state index contributed by atoms with van der Waals surface area (Å²) >= 11 is 5.77. The molecule has 0 amide bonds. The maximum Gasteiger partial charge on any atom is 0.199 e. The Morgan fingerprint density at radius 1 is 0.960 bits per heavy atom. The third kappa shape index (κ3) is 3.13. The van der Waals surface area contributed by atoms with Gasteiger partial charge in [-0.05, 0) is 50.0 Å². The summed E-state index contributed by atoms with van der Waals surface area (Å²) in [7, 11) is 0. The molecular formula is C19H25N5S. The molecule has 2 aliphatic carbocycles. The topological polar surface area (TPSA) is 29.2 Å². The largest absolute Gasteiger partial charge is 0.369 e. The Kier molecular flexibility index (Phi) is 3.90. The first kappa shape index (κ1) is 15.6. The highest BCUT2D eigenvalue weighted by molar-refractivity contribution is 7.71. The van der Waals surface area contributed by atoms with Crippen LogP contribution in [-0.4, -0.2) is 45.4 Å². The summed E-state index contributed by atoms with van der Waals surface area (Å²) in [5.41, 5.74) is 1.33. The van der Waals surface area contributed by atoms with Crippen molar-refractivity contribution in [2.45, 2.75) is 44.3 Å². The van der Waals surface area contributed by atoms with Crippen LogP contribution in [-0.2, 0) is 6.67 Å². The molecule has 132 valence electrons. The Morgan fingerprint density at radius 2 is 1.68 bits per heavy atom. The summed E-state index contributed by atoms with van der Waals surface area (Å²) in [5, 5.41) is 4.92. The van der Waals surface area contributed by atoms with Crippen LogP contribution < -0.4 is 4.90 Å². The van der Waals surface area contributed by atoms with Gasteiger partial charge in [-0.1, -0.05) is 18.2 Å². The Morgan fingerprint density at radius 3 is 2.32 bits per heavy atom. The molecule has 1 saturated heterocycles. The number of benzene rings is 1. The molecule has 0 bridgehead atoms. The van der Waals surface area contributed by atoms with Gasteiger partial charge in [-0.3, -0.25) is 4.90 Å². The van der Waals surface area contributed by atoms with Gasteiger partial charge in [0.05, 0.1) is 6.67 Å². The third-order valence-electron chi connectivity index (χ3n) is 5.58. The summed E-state index contributed by atoms with van der Waals surface area (Å²) < 4.78 is 5.39. The highest BCUT2D eigenvalue weighted by atomic mass is 32.1. The van der Waals surface area contributed by atoms with Crippen molar-refractivity contribution in [2.24, 2.45) is 0 Å². The average Bonchev–Trinajstić information content (AvgIpc) is 3.56. The van der Waals surface area contributed by atoms with Crippen LogP contribution in [0.1, 0.15) is 43.5 Å². The van der Waals surface area contributed by atoms with Crippen molar-refractivity contribution in [3.8, 4) is 0 Å². The average molecular weight is 356 g/mol. The van der Waals surface area contributed by atoms with Crippen LogP contribution in [0.3, 0.4) is 0 Å². The van der Waals surface area contributed by atoms with E-state index >= 15 is 0 Å². The van der Waals surface area contributed by atoms with E-state index in [2.05, 4.69) is 49.4 Å². The Labute approximate surface area is 153 Å². The molecule has 2 saturated carbocycles. The van der Waals surface area contributed by atoms with Gasteiger partial charge >= 0.3 is 0 Å². The molecule has 2 heterocycles. The first-order valence-electron chi connectivity index (χ1n) is 9.51. The summed E-state index contributed by atoms with van der Waals surface area (Å²) in [6.07, 6.45) is 5.12. The molecule has 5 rings (SSSR count). The predicted octanol–water partition coefficient (Wildman–Crippen LogP) is 3.41. The van der Waals surface area contributed by atoms with E-state index in [-0.39, 0.29) is 0 Å². The maximum absolute atomic E-state index is 5.77. The fraction of sp³-hybridized carbons (Fsp3) is 0.579. The molecule has 0 unspecified atom stereocenters. The SMILES string of the molecule is S=c1n(CN2CCN(c3ccccc3)CC2)nc(C2CC2)n1C1CC1. The minimum Gasteiger partial charge on any atom is -0.369 e. The maximum atomic E-state index is 5.77. The molecule has 1 aliphatic heterocycles. The standard InChI is InChI=1S/C19H25N5S/c25-19-23(20-18(15-6-7-15)24(19)17-8-9-17)14-21-10-12-22(13-11-21)16-4-2-1-3-5-16/h1-5,15,17H,6-14H2. The predicted molar refractivity (Wildman–Crippen MR) is 102 cm³/mol. The fourth-order valence-electron chi connectivity index (χ4n) is 3.80. The second kappa shape index (κ2) is 6.25. The van der Waals surface area contributed by atoms with Crippen LogP contribution in [0.2, 0.25) is 0 Å². The van der Waals surface area contributed by atoms with Crippen molar-refractivity contribution < 1.29 is 0 Å². The molecule has 25 heavy (non-hydrogen) atoms. The molecule has 3 fully saturated rings. The molecule has 0 atom stereocenters. The van der Waals surface area contributed by atoms with E-state index in [1.54, 1.807) is 0 Å². The molecule has 2 aromatic rings. The lowest BCUT2D eigenvalue weighted by Crippen LogP contribution is -2.47. The van der Waals surface area contributed by atoms with Gasteiger partial charge in [0.25, 0.3) is 0 Å². The number of nitrogens with zero attached hydrogens (tertiary/aromatic N) is 5. The van der Waals surface area contributed by atoms with Crippen molar-refractivity contribution in [3.05, 3.63) is 40.9 Å². The molecular weight excluding hydrogens is 330 g/mol. The molecule has 6 heteroatoms. The van der Waals surface area contributed by atoms with E-state index in [1.807, 2.05) is 0 Å². The van der Waals surface area contributed by atoms with Gasteiger partial charge in [0.1, 0.15) is 5.82 Å². The zero-order valence-corrected chi connectivity index (χ0v) is 15.4. The van der Waals surface area contributed by atoms with Gasteiger partial charge in [0, 0.05) is 43.8 Å². The third-order valence-corrected chi connectivity index (χ3v) is 5.99. The molecule has 0 spiro atoms. The molecule has 1 aromatic carbocycles. The van der Waals surface area contributed by atoms with Crippen LogP contribution in [0.5, 0.6) is 0 Å². The molecule has 0 N–H and O–H groups in total. The van der Waals surface area contributed by atoms with Crippen molar-refractivity contribution in [1.29, 1.82) is 0 Å². The van der Waals surface area contributed by atoms with E-state index in [0.29, 0.717) is 12.0 Å². The lowest BCUT2D eigenvalue weighted by atomic mass is 10.2. The van der Waals surface area contributed by atoms with E-state index < -0.39 is 0 Å². The quantitative estimate of drug-likeness (QED) is 0.769. The van der Waals surface area contributed by atoms with Crippen LogP contribution in [0.25, 0.3) is 0 Å². The zero-order valence-electron chi connectivity index (χ0n) is 14.5. The number of anilines is 1. The normalized spacial score (nSPS) is 21.7. The summed E-state index contributed by atoms with van der Waals surface area (Å²) in [6, 6.07) is 11.3. The Balaban J connectivity index is 1.27. The van der Waals surface area contributed by atoms with Crippen LogP contribution in [0.4, 0.5) is 5.69 Å². The number of rotatable bonds is 5. The molecule has 3 aliphatic rings. The van der Waals surface area contributed by atoms with Gasteiger partial charge in [-0.25, -0.2) is 4.68 Å². The van der Waals surface area contributed by atoms with Gasteiger partial charge < -0.3 is 9.47 Å². The van der Waals surface area contributed by atoms with E-state index in [0.717, 1.165) is 37.6 Å². The van der Waals surface area contributed by atoms with E-state index in [9.17, 15) is 0 Å². The summed E-state index contributed by atoms with van der Waals surface area (Å²) in [5.74, 6) is 1.92. The van der Waals surface area contributed by atoms with Crippen LogP contribution in [0, 0.1) is 4.77 Å². The number of piperazine rings is 1. The van der Waals surface area contributed by atoms with Crippen molar-refractivity contribution in [1.82, 2.24) is 19.2 Å². The zero-order chi connectivity index (χ0) is 16.8. The fourth-order valence-corrected chi connectivity index (χ4v) is 4.14. The summed E-state index contributed by atoms with van der Waals surface area (Å²) in [6.45, 7) is 5.09. The first-order valence-corrected chi connectivity index (χ1v) is 9.92. The lowest BCUT2D eigenvalue weighted by molar-refractivity contribution is 0.194. The van der Waals surface area contributed by atoms with Crippen molar-refractivity contribution in [2.75, 3.05) is 31.1 Å². The van der Waals surface area contributed by atoms with Gasteiger partial charge in [0.15, 0.2) is 4.77 Å². The van der Waals surface area contributed by atoms with Crippen molar-refractivity contribution in [3.63, 3.8) is 0 Å². The van der Waals surface area contributed by atoms with E-state index in [1.165, 1.54) is 37.2 Å². The van der Waals surface area contributed by atoms with Crippen molar-refractivity contribution >= 4 is 17.9 Å². The highest BCUT2D eigenvalue weighted by Crippen LogP contribution is 2.44. The number of para-hydroxylation sites is 1. The number of aromatic nitrogens is 3. The second-order valence-corrected chi connectivity index (χ2v) is 7.96. The number of hydrogen-bond donors (Lipinski definition) is 0. The summed E-state index contributed by atoms with van der Waals surface area (Å²) in [4.78, 5) is 4.95. The smallest absolute Gasteiger partial charge is 0.199 e. The number of hydrogen-bond acceptors (Lipinski definition) is 4. The first-order chi connectivity index (χ1) is 12.3. The molecule has 5 nitrogen and oxygen atoms in total. The van der Waals surface area contributed by atoms with Gasteiger partial charge in [0.2, 0.25) is 0 Å². The Hall–Kier alpha value is -1.66. The highest BCUT2D eigenvalue weighted by Gasteiger charge is 2.36. The second-order valence-electron chi connectivity index (χ2n) is 7.60. The lowest BCUT2D eigenvalue weighted by Gasteiger charge is -2.35.